The van der Waals surface area contributed by atoms with Crippen molar-refractivity contribution < 1.29 is 20.1 Å². The van der Waals surface area contributed by atoms with E-state index < -0.39 is 0 Å². The largest absolute Gasteiger partial charge is 3.00 e. The molecule has 0 bridgehead atoms. The molecule has 0 spiro atoms. The van der Waals surface area contributed by atoms with E-state index in [1.807, 2.05) is 32.6 Å². The molecule has 6 nitrogen and oxygen atoms in total. The zero-order chi connectivity index (χ0) is 47.4. The molecular formula is C63H57IrN6. The van der Waals surface area contributed by atoms with E-state index in [0.29, 0.717) is 0 Å². The van der Waals surface area contributed by atoms with Gasteiger partial charge in [0.25, 0.3) is 0 Å². The van der Waals surface area contributed by atoms with E-state index in [0.717, 1.165) is 72.7 Å². The quantitative estimate of drug-likeness (QED) is 0.0962. The summed E-state index contributed by atoms with van der Waals surface area (Å²) in [6, 6.07) is 63.1. The molecule has 7 aromatic carbocycles. The van der Waals surface area contributed by atoms with Crippen molar-refractivity contribution in [2.45, 2.75) is 80.1 Å². The van der Waals surface area contributed by atoms with Crippen LogP contribution in [0.25, 0.3) is 50.8 Å². The minimum atomic E-state index is 0. The normalized spacial score (nSPS) is 11.2. The maximum Gasteiger partial charge on any atom is 3.00 e. The zero-order valence-corrected chi connectivity index (χ0v) is 43.2. The van der Waals surface area contributed by atoms with Crippen LogP contribution in [-0.4, -0.2) is 29.3 Å². The molecule has 0 unspecified atom stereocenters. The Hall–Kier alpha value is -7.18. The predicted octanol–water partition coefficient (Wildman–Crippen LogP) is 13.8. The number of hydrogen-bond acceptors (Lipinski definition) is 3. The number of rotatable bonds is 15. The minimum absolute atomic E-state index is 0. The summed E-state index contributed by atoms with van der Waals surface area (Å²) in [5.74, 6) is 0. The molecule has 0 N–H and O–H groups in total. The van der Waals surface area contributed by atoms with Crippen molar-refractivity contribution in [2.24, 2.45) is 0 Å². The first-order valence-corrected chi connectivity index (χ1v) is 24.1. The van der Waals surface area contributed by atoms with Crippen LogP contribution in [-0.2, 0) is 58.6 Å². The summed E-state index contributed by atoms with van der Waals surface area (Å²) in [6.45, 7) is 13.0. The van der Waals surface area contributed by atoms with Crippen LogP contribution in [0.5, 0.6) is 0 Å². The van der Waals surface area contributed by atoms with Crippen molar-refractivity contribution in [3.05, 3.63) is 249 Å². The molecule has 10 rings (SSSR count). The van der Waals surface area contributed by atoms with E-state index in [1.54, 1.807) is 0 Å². The van der Waals surface area contributed by atoms with Gasteiger partial charge in [0.05, 0.1) is 17.1 Å². The number of aromatic nitrogens is 6. The van der Waals surface area contributed by atoms with Gasteiger partial charge in [-0.2, -0.15) is 86.6 Å². The molecule has 0 saturated heterocycles. The third-order valence-corrected chi connectivity index (χ3v) is 13.6. The van der Waals surface area contributed by atoms with Crippen LogP contribution in [0.2, 0.25) is 0 Å². The van der Waals surface area contributed by atoms with Gasteiger partial charge in [-0.3, -0.25) is 14.0 Å². The summed E-state index contributed by atoms with van der Waals surface area (Å²) in [6.07, 6.45) is 11.2. The molecular weight excluding hydrogens is 1030 g/mol. The van der Waals surface area contributed by atoms with E-state index in [4.69, 9.17) is 15.3 Å². The summed E-state index contributed by atoms with van der Waals surface area (Å²) in [5, 5.41) is 14.1. The Morgan fingerprint density at radius 3 is 0.829 bits per heavy atom. The summed E-state index contributed by atoms with van der Waals surface area (Å²) >= 11 is 0. The smallest absolute Gasteiger partial charge is 0.258 e. The Morgan fingerprint density at radius 2 is 0.586 bits per heavy atom. The second-order valence-electron chi connectivity index (χ2n) is 18.6. The molecule has 0 aliphatic heterocycles. The molecule has 0 atom stereocenters. The Balaban J connectivity index is 0.00000608. The van der Waals surface area contributed by atoms with E-state index in [2.05, 4.69) is 205 Å². The molecule has 0 aliphatic carbocycles. The maximum atomic E-state index is 4.71. The first kappa shape index (κ1) is 47.9. The van der Waals surface area contributed by atoms with Gasteiger partial charge in [0, 0.05) is 35.3 Å². The minimum Gasteiger partial charge on any atom is -0.258 e. The number of hydrogen-bond donors (Lipinski definition) is 0. The fourth-order valence-corrected chi connectivity index (χ4v) is 10.1. The first-order chi connectivity index (χ1) is 33.7. The van der Waals surface area contributed by atoms with Crippen LogP contribution in [0.15, 0.2) is 164 Å². The van der Waals surface area contributed by atoms with E-state index >= 15 is 0 Å². The maximum absolute atomic E-state index is 4.71. The molecule has 0 radical (unpaired) electrons. The van der Waals surface area contributed by atoms with Gasteiger partial charge >= 0.3 is 20.1 Å². The Kier molecular flexibility index (Phi) is 14.5. The second-order valence-corrected chi connectivity index (χ2v) is 18.6. The van der Waals surface area contributed by atoms with Crippen molar-refractivity contribution in [1.29, 1.82) is 0 Å². The molecule has 3 heterocycles. The summed E-state index contributed by atoms with van der Waals surface area (Å²) < 4.78 is 6.02. The fourth-order valence-electron chi connectivity index (χ4n) is 10.1. The Morgan fingerprint density at radius 1 is 0.329 bits per heavy atom. The van der Waals surface area contributed by atoms with Crippen molar-refractivity contribution >= 4 is 0 Å². The zero-order valence-electron chi connectivity index (χ0n) is 40.8. The molecule has 70 heavy (non-hydrogen) atoms. The van der Waals surface area contributed by atoms with Gasteiger partial charge in [0.2, 0.25) is 0 Å². The van der Waals surface area contributed by atoms with Crippen molar-refractivity contribution in [3.63, 3.8) is 0 Å². The van der Waals surface area contributed by atoms with E-state index in [1.165, 1.54) is 83.5 Å². The molecule has 0 amide bonds. The van der Waals surface area contributed by atoms with Crippen LogP contribution in [0.4, 0.5) is 0 Å². The van der Waals surface area contributed by atoms with Gasteiger partial charge in [-0.25, -0.2) is 0 Å². The van der Waals surface area contributed by atoms with Crippen molar-refractivity contribution in [1.82, 2.24) is 29.3 Å². The van der Waals surface area contributed by atoms with Gasteiger partial charge in [0.1, 0.15) is 0 Å². The van der Waals surface area contributed by atoms with Crippen LogP contribution >= 0.6 is 0 Å². The predicted molar refractivity (Wildman–Crippen MR) is 281 cm³/mol. The standard InChI is InChI=1S/C63H57N6.Ir/c1-43-10-7-11-44(2)61(43)58-34-37-64-67(58)55-28-22-49(23-29-55)16-19-52-40-53(20-17-50-24-30-56(31-25-50)68-59(35-38-65-68)62-45(3)12-8-13-46(62)4)42-54(41-52)21-18-51-26-32-57(33-27-51)69-60(36-39-66-69)63-47(5)14-9-15-48(63)6;/h7-15,22-28,30,32,34-42H,16-21H2,1-6H3;/q-3;+3. The van der Waals surface area contributed by atoms with Crippen LogP contribution < -0.4 is 0 Å². The van der Waals surface area contributed by atoms with Gasteiger partial charge in [-0.1, -0.05) is 92.1 Å². The number of aryl methyl sites for hydroxylation is 12. The van der Waals surface area contributed by atoms with E-state index in [-0.39, 0.29) is 20.1 Å². The van der Waals surface area contributed by atoms with Crippen LogP contribution in [0.3, 0.4) is 0 Å². The van der Waals surface area contributed by atoms with Gasteiger partial charge in [-0.15, -0.1) is 18.2 Å². The SMILES string of the molecule is Cc1cccc(C)c1-c1ccnn1-c1[c-]cc(CCc2cc(CCc3c[c-]c(-n4nccc4-c4c(C)cccc4C)cc3)cc(CCc3c[c-]c(-n4nccc4-c4c(C)cccc4C)cc3)c2)cc1.[Ir+3]. The third-order valence-electron chi connectivity index (χ3n) is 13.6. The third kappa shape index (κ3) is 10.2. The molecule has 0 aliphatic rings. The van der Waals surface area contributed by atoms with Crippen molar-refractivity contribution in [3.8, 4) is 50.8 Å². The molecule has 3 aromatic heterocycles. The average molecular weight is 1090 g/mol. The number of benzene rings is 7. The number of nitrogens with zero attached hydrogens (tertiary/aromatic N) is 6. The fraction of sp³-hybridized carbons (Fsp3) is 0.190. The monoisotopic (exact) mass is 1090 g/mol. The van der Waals surface area contributed by atoms with Gasteiger partial charge in [-0.05, 0) is 146 Å². The molecule has 7 heteroatoms. The van der Waals surface area contributed by atoms with E-state index in [9.17, 15) is 0 Å². The van der Waals surface area contributed by atoms with Gasteiger partial charge in [0.15, 0.2) is 0 Å². The summed E-state index contributed by atoms with van der Waals surface area (Å²) in [4.78, 5) is 0. The Labute approximate surface area is 427 Å². The molecule has 0 saturated carbocycles. The molecule has 0 fully saturated rings. The Bertz CT molecular complexity index is 2960. The van der Waals surface area contributed by atoms with Crippen LogP contribution in [0.1, 0.15) is 66.8 Å². The molecule has 348 valence electrons. The molecule has 10 aromatic rings. The van der Waals surface area contributed by atoms with Crippen LogP contribution in [0, 0.1) is 59.7 Å². The average Bonchev–Trinajstić information content (AvgIpc) is 4.16. The van der Waals surface area contributed by atoms with Gasteiger partial charge < -0.3 is 0 Å². The summed E-state index contributed by atoms with van der Waals surface area (Å²) in [7, 11) is 0. The van der Waals surface area contributed by atoms with Crippen molar-refractivity contribution in [2.75, 3.05) is 0 Å². The topological polar surface area (TPSA) is 53.5 Å². The second kappa shape index (κ2) is 21.2. The first-order valence-electron chi connectivity index (χ1n) is 24.1. The summed E-state index contributed by atoms with van der Waals surface area (Å²) in [5.41, 5.74) is 25.0.